The lowest BCUT2D eigenvalue weighted by Gasteiger charge is -2.17. The van der Waals surface area contributed by atoms with Gasteiger partial charge in [-0.2, -0.15) is 0 Å². The Kier molecular flexibility index (Phi) is 6.51. The summed E-state index contributed by atoms with van der Waals surface area (Å²) in [4.78, 5) is 0. The lowest BCUT2D eigenvalue weighted by Crippen LogP contribution is -2.01. The topological polar surface area (TPSA) is 0 Å². The lowest BCUT2D eigenvalue weighted by molar-refractivity contribution is 0.408. The zero-order chi connectivity index (χ0) is 23.5. The van der Waals surface area contributed by atoms with Crippen molar-refractivity contribution in [2.45, 2.75) is 32.6 Å². The van der Waals surface area contributed by atoms with Crippen LogP contribution in [0.4, 0.5) is 17.6 Å². The Morgan fingerprint density at radius 2 is 1.52 bits per heavy atom. The normalized spacial score (nSPS) is 11.8. The van der Waals surface area contributed by atoms with Gasteiger partial charge in [-0.15, -0.1) is 0 Å². The van der Waals surface area contributed by atoms with Gasteiger partial charge in [0.1, 0.15) is 0 Å². The standard InChI is InChI=1S/C29H22F4/c1-3-7-19-8-4-5-11-24(19)18(2)21-14-15-25-20(9-6-10-22(25)16-21)12-13-23-17-26(30)28(32)29(33)27(23)31/h4-6,8-11,14-18H,3,7H2,1-2H3. The molecule has 33 heavy (non-hydrogen) atoms. The molecule has 0 aliphatic rings. The minimum absolute atomic E-state index is 0.200. The fourth-order valence-electron chi connectivity index (χ4n) is 4.11. The second-order valence-electron chi connectivity index (χ2n) is 8.05. The second-order valence-corrected chi connectivity index (χ2v) is 8.05. The molecule has 1 atom stereocenters. The molecule has 4 rings (SSSR count). The molecule has 166 valence electrons. The van der Waals surface area contributed by atoms with Gasteiger partial charge in [0.05, 0.1) is 5.56 Å². The molecule has 1 unspecified atom stereocenters. The van der Waals surface area contributed by atoms with Crippen LogP contribution in [0.25, 0.3) is 10.8 Å². The number of hydrogen-bond acceptors (Lipinski definition) is 0. The van der Waals surface area contributed by atoms with Gasteiger partial charge in [0, 0.05) is 11.5 Å². The highest BCUT2D eigenvalue weighted by Gasteiger charge is 2.18. The summed E-state index contributed by atoms with van der Waals surface area (Å²) in [6.45, 7) is 4.35. The number of fused-ring (bicyclic) bond motifs is 1. The van der Waals surface area contributed by atoms with Gasteiger partial charge in [-0.3, -0.25) is 0 Å². The highest BCUT2D eigenvalue weighted by Crippen LogP contribution is 2.31. The first-order valence-electron chi connectivity index (χ1n) is 10.9. The van der Waals surface area contributed by atoms with Gasteiger partial charge in [0.2, 0.25) is 0 Å². The van der Waals surface area contributed by atoms with E-state index in [2.05, 4.69) is 56.0 Å². The average Bonchev–Trinajstić information content (AvgIpc) is 2.84. The molecular weight excluding hydrogens is 424 g/mol. The van der Waals surface area contributed by atoms with E-state index >= 15 is 0 Å². The van der Waals surface area contributed by atoms with Crippen molar-refractivity contribution in [3.05, 3.63) is 118 Å². The Balaban J connectivity index is 1.72. The molecule has 0 nitrogen and oxygen atoms in total. The van der Waals surface area contributed by atoms with Crippen molar-refractivity contribution in [1.82, 2.24) is 0 Å². The summed E-state index contributed by atoms with van der Waals surface area (Å²) in [6.07, 6.45) is 2.10. The maximum Gasteiger partial charge on any atom is 0.198 e. The minimum Gasteiger partial charge on any atom is -0.204 e. The van der Waals surface area contributed by atoms with E-state index < -0.39 is 28.8 Å². The summed E-state index contributed by atoms with van der Waals surface area (Å²) in [6, 6.07) is 20.7. The quantitative estimate of drug-likeness (QED) is 0.129. The van der Waals surface area contributed by atoms with Crippen LogP contribution in [0, 0.1) is 35.1 Å². The van der Waals surface area contributed by atoms with Gasteiger partial charge in [0.15, 0.2) is 23.3 Å². The van der Waals surface area contributed by atoms with Gasteiger partial charge in [0.25, 0.3) is 0 Å². The molecule has 0 aliphatic carbocycles. The van der Waals surface area contributed by atoms with E-state index in [4.69, 9.17) is 0 Å². The van der Waals surface area contributed by atoms with Crippen LogP contribution >= 0.6 is 0 Å². The maximum absolute atomic E-state index is 14.0. The van der Waals surface area contributed by atoms with Crippen LogP contribution in [0.2, 0.25) is 0 Å². The summed E-state index contributed by atoms with van der Waals surface area (Å²) >= 11 is 0. The predicted octanol–water partition coefficient (Wildman–Crippen LogP) is 7.90. The monoisotopic (exact) mass is 446 g/mol. The maximum atomic E-state index is 14.0. The zero-order valence-corrected chi connectivity index (χ0v) is 18.4. The highest BCUT2D eigenvalue weighted by molar-refractivity contribution is 5.89. The van der Waals surface area contributed by atoms with E-state index in [9.17, 15) is 17.6 Å². The smallest absolute Gasteiger partial charge is 0.198 e. The van der Waals surface area contributed by atoms with E-state index in [1.165, 1.54) is 11.1 Å². The molecule has 0 fully saturated rings. The molecule has 4 heteroatoms. The molecule has 0 saturated carbocycles. The van der Waals surface area contributed by atoms with Crippen LogP contribution < -0.4 is 0 Å². The van der Waals surface area contributed by atoms with Crippen LogP contribution in [0.3, 0.4) is 0 Å². The van der Waals surface area contributed by atoms with E-state index in [1.54, 1.807) is 6.07 Å². The van der Waals surface area contributed by atoms with Crippen molar-refractivity contribution in [3.63, 3.8) is 0 Å². The third-order valence-electron chi connectivity index (χ3n) is 5.88. The number of benzene rings is 4. The molecule has 0 aliphatic heterocycles. The molecular formula is C29H22F4. The molecule has 0 spiro atoms. The summed E-state index contributed by atoms with van der Waals surface area (Å²) in [7, 11) is 0. The molecule has 0 N–H and O–H groups in total. The SMILES string of the molecule is CCCc1ccccc1C(C)c1ccc2c(C#Cc3cc(F)c(F)c(F)c3F)cccc2c1. The molecule has 0 radical (unpaired) electrons. The molecule has 4 aromatic rings. The third kappa shape index (κ3) is 4.50. The Bertz CT molecular complexity index is 1390. The van der Waals surface area contributed by atoms with E-state index in [1.807, 2.05) is 24.3 Å². The van der Waals surface area contributed by atoms with Crippen molar-refractivity contribution in [1.29, 1.82) is 0 Å². The van der Waals surface area contributed by atoms with Crippen LogP contribution in [-0.2, 0) is 6.42 Å². The van der Waals surface area contributed by atoms with Gasteiger partial charge >= 0.3 is 0 Å². The first-order valence-corrected chi connectivity index (χ1v) is 10.9. The fraction of sp³-hybridized carbons (Fsp3) is 0.172. The van der Waals surface area contributed by atoms with Crippen molar-refractivity contribution < 1.29 is 17.6 Å². The van der Waals surface area contributed by atoms with Gasteiger partial charge in [-0.1, -0.05) is 86.7 Å². The molecule has 0 heterocycles. The molecule has 4 aromatic carbocycles. The predicted molar refractivity (Wildman–Crippen MR) is 124 cm³/mol. The Hall–Kier alpha value is -3.58. The average molecular weight is 446 g/mol. The number of rotatable bonds is 4. The summed E-state index contributed by atoms with van der Waals surface area (Å²) in [5.41, 5.74) is 3.85. The summed E-state index contributed by atoms with van der Waals surface area (Å²) in [5.74, 6) is -1.25. The van der Waals surface area contributed by atoms with Crippen molar-refractivity contribution >= 4 is 10.8 Å². The fourth-order valence-corrected chi connectivity index (χ4v) is 4.11. The molecule has 0 aromatic heterocycles. The second kappa shape index (κ2) is 9.50. The highest BCUT2D eigenvalue weighted by atomic mass is 19.2. The first-order chi connectivity index (χ1) is 15.9. The molecule has 0 saturated heterocycles. The van der Waals surface area contributed by atoms with Crippen LogP contribution in [0.1, 0.15) is 54.0 Å². The first kappa shape index (κ1) is 22.6. The molecule has 0 amide bonds. The largest absolute Gasteiger partial charge is 0.204 e. The number of aryl methyl sites for hydroxylation is 1. The third-order valence-corrected chi connectivity index (χ3v) is 5.88. The van der Waals surface area contributed by atoms with E-state index in [0.717, 1.165) is 29.2 Å². The number of halogens is 4. The summed E-state index contributed by atoms with van der Waals surface area (Å²) in [5, 5.41) is 1.79. The van der Waals surface area contributed by atoms with Gasteiger partial charge in [-0.05, 0) is 46.0 Å². The lowest BCUT2D eigenvalue weighted by atomic mass is 9.87. The van der Waals surface area contributed by atoms with Gasteiger partial charge in [-0.25, -0.2) is 17.6 Å². The van der Waals surface area contributed by atoms with E-state index in [0.29, 0.717) is 11.6 Å². The van der Waals surface area contributed by atoms with Crippen LogP contribution in [-0.4, -0.2) is 0 Å². The summed E-state index contributed by atoms with van der Waals surface area (Å²) < 4.78 is 54.2. The Morgan fingerprint density at radius 3 is 2.30 bits per heavy atom. The Labute approximate surface area is 190 Å². The van der Waals surface area contributed by atoms with Crippen molar-refractivity contribution in [2.75, 3.05) is 0 Å². The van der Waals surface area contributed by atoms with Crippen molar-refractivity contribution in [3.8, 4) is 11.8 Å². The van der Waals surface area contributed by atoms with Crippen LogP contribution in [0.15, 0.2) is 66.7 Å². The van der Waals surface area contributed by atoms with Gasteiger partial charge < -0.3 is 0 Å². The van der Waals surface area contributed by atoms with E-state index in [-0.39, 0.29) is 5.92 Å². The minimum atomic E-state index is -1.86. The van der Waals surface area contributed by atoms with Crippen molar-refractivity contribution in [2.24, 2.45) is 0 Å². The van der Waals surface area contributed by atoms with Crippen LogP contribution in [0.5, 0.6) is 0 Å². The number of hydrogen-bond donors (Lipinski definition) is 0. The molecule has 0 bridgehead atoms. The Morgan fingerprint density at radius 1 is 0.758 bits per heavy atom. The zero-order valence-electron chi connectivity index (χ0n) is 18.4.